The van der Waals surface area contributed by atoms with Crippen LogP contribution in [0.5, 0.6) is 0 Å². The molecule has 2 fully saturated rings. The molecule has 19 heavy (non-hydrogen) atoms. The summed E-state index contributed by atoms with van der Waals surface area (Å²) in [5.74, 6) is 0.716. The molecule has 2 nitrogen and oxygen atoms in total. The zero-order chi connectivity index (χ0) is 13.1. The van der Waals surface area contributed by atoms with Crippen LogP contribution in [0, 0.1) is 0 Å². The maximum atomic E-state index is 6.41. The minimum Gasteiger partial charge on any atom is -0.326 e. The van der Waals surface area contributed by atoms with Crippen molar-refractivity contribution >= 4 is 0 Å². The molecule has 2 aliphatic rings. The van der Waals surface area contributed by atoms with Gasteiger partial charge in [0.15, 0.2) is 0 Å². The molecule has 3 unspecified atom stereocenters. The monoisotopic (exact) mass is 258 g/mol. The Morgan fingerprint density at radius 2 is 1.68 bits per heavy atom. The highest BCUT2D eigenvalue weighted by molar-refractivity contribution is 5.21. The Labute approximate surface area is 117 Å². The van der Waals surface area contributed by atoms with Crippen LogP contribution in [0.3, 0.4) is 0 Å². The lowest BCUT2D eigenvalue weighted by molar-refractivity contribution is 0.107. The van der Waals surface area contributed by atoms with Crippen LogP contribution in [-0.2, 0) is 0 Å². The molecule has 1 aromatic carbocycles. The SMILES string of the molecule is NC1CCC(c2ccccc2)CC1N1CCCCC1. The molecular weight excluding hydrogens is 232 g/mol. The summed E-state index contributed by atoms with van der Waals surface area (Å²) < 4.78 is 0. The van der Waals surface area contributed by atoms with E-state index >= 15 is 0 Å². The van der Waals surface area contributed by atoms with Gasteiger partial charge in [-0.3, -0.25) is 4.90 Å². The fourth-order valence-corrected chi connectivity index (χ4v) is 3.87. The van der Waals surface area contributed by atoms with Crippen molar-refractivity contribution in [3.63, 3.8) is 0 Å². The largest absolute Gasteiger partial charge is 0.326 e. The van der Waals surface area contributed by atoms with E-state index in [1.54, 1.807) is 0 Å². The van der Waals surface area contributed by atoms with Crippen LogP contribution < -0.4 is 5.73 Å². The molecule has 2 N–H and O–H groups in total. The number of nitrogens with zero attached hydrogens (tertiary/aromatic N) is 1. The molecule has 1 aliphatic heterocycles. The van der Waals surface area contributed by atoms with Crippen molar-refractivity contribution in [2.24, 2.45) is 5.73 Å². The Morgan fingerprint density at radius 1 is 0.947 bits per heavy atom. The van der Waals surface area contributed by atoms with E-state index < -0.39 is 0 Å². The second kappa shape index (κ2) is 6.06. The summed E-state index contributed by atoms with van der Waals surface area (Å²) in [4.78, 5) is 2.67. The molecule has 2 heteroatoms. The molecular formula is C17H26N2. The Balaban J connectivity index is 1.70. The van der Waals surface area contributed by atoms with Crippen LogP contribution in [0.2, 0.25) is 0 Å². The van der Waals surface area contributed by atoms with Gasteiger partial charge in [0.2, 0.25) is 0 Å². The lowest BCUT2D eigenvalue weighted by Gasteiger charge is -2.43. The standard InChI is InChI=1S/C17H26N2/c18-16-10-9-15(14-7-3-1-4-8-14)13-17(16)19-11-5-2-6-12-19/h1,3-4,7-8,15-17H,2,5-6,9-13,18H2. The number of hydrogen-bond donors (Lipinski definition) is 1. The Morgan fingerprint density at radius 3 is 2.42 bits per heavy atom. The number of likely N-dealkylation sites (tertiary alicyclic amines) is 1. The quantitative estimate of drug-likeness (QED) is 0.883. The number of nitrogens with two attached hydrogens (primary N) is 1. The molecule has 0 spiro atoms. The maximum Gasteiger partial charge on any atom is 0.0253 e. The minimum atomic E-state index is 0.387. The summed E-state index contributed by atoms with van der Waals surface area (Å²) >= 11 is 0. The van der Waals surface area contributed by atoms with E-state index in [0.717, 1.165) is 0 Å². The Kier molecular flexibility index (Phi) is 4.19. The fourth-order valence-electron chi connectivity index (χ4n) is 3.87. The number of rotatable bonds is 2. The fraction of sp³-hybridized carbons (Fsp3) is 0.647. The van der Waals surface area contributed by atoms with Gasteiger partial charge in [-0.2, -0.15) is 0 Å². The molecule has 0 bridgehead atoms. The lowest BCUT2D eigenvalue weighted by atomic mass is 9.78. The molecule has 1 heterocycles. The van der Waals surface area contributed by atoms with Crippen molar-refractivity contribution in [2.45, 2.75) is 56.5 Å². The van der Waals surface area contributed by atoms with Crippen LogP contribution in [-0.4, -0.2) is 30.1 Å². The van der Waals surface area contributed by atoms with Crippen molar-refractivity contribution in [1.29, 1.82) is 0 Å². The molecule has 0 aromatic heterocycles. The second-order valence-electron chi connectivity index (χ2n) is 6.25. The highest BCUT2D eigenvalue weighted by Gasteiger charge is 2.33. The van der Waals surface area contributed by atoms with E-state index in [1.165, 1.54) is 57.2 Å². The molecule has 1 saturated heterocycles. The average molecular weight is 258 g/mol. The lowest BCUT2D eigenvalue weighted by Crippen LogP contribution is -2.52. The first-order valence-corrected chi connectivity index (χ1v) is 7.89. The van der Waals surface area contributed by atoms with E-state index in [2.05, 4.69) is 35.2 Å². The third-order valence-corrected chi connectivity index (χ3v) is 5.00. The predicted octanol–water partition coefficient (Wildman–Crippen LogP) is 3.14. The highest BCUT2D eigenvalue weighted by Crippen LogP contribution is 2.35. The van der Waals surface area contributed by atoms with E-state index in [-0.39, 0.29) is 0 Å². The van der Waals surface area contributed by atoms with Gasteiger partial charge in [0, 0.05) is 12.1 Å². The summed E-state index contributed by atoms with van der Waals surface area (Å²) in [5, 5.41) is 0. The summed E-state index contributed by atoms with van der Waals surface area (Å²) in [6.45, 7) is 2.53. The van der Waals surface area contributed by atoms with Crippen LogP contribution in [0.1, 0.15) is 50.0 Å². The van der Waals surface area contributed by atoms with E-state index in [4.69, 9.17) is 5.73 Å². The van der Waals surface area contributed by atoms with Crippen molar-refractivity contribution in [1.82, 2.24) is 4.90 Å². The normalized spacial score (nSPS) is 33.2. The van der Waals surface area contributed by atoms with Gasteiger partial charge in [-0.15, -0.1) is 0 Å². The van der Waals surface area contributed by atoms with Gasteiger partial charge in [0.05, 0.1) is 0 Å². The third kappa shape index (κ3) is 3.01. The second-order valence-corrected chi connectivity index (χ2v) is 6.25. The van der Waals surface area contributed by atoms with Crippen molar-refractivity contribution in [3.05, 3.63) is 35.9 Å². The minimum absolute atomic E-state index is 0.387. The van der Waals surface area contributed by atoms with Crippen LogP contribution >= 0.6 is 0 Å². The van der Waals surface area contributed by atoms with Crippen molar-refractivity contribution < 1.29 is 0 Å². The summed E-state index contributed by atoms with van der Waals surface area (Å²) in [7, 11) is 0. The Hall–Kier alpha value is -0.860. The van der Waals surface area contributed by atoms with Gasteiger partial charge in [0.25, 0.3) is 0 Å². The summed E-state index contributed by atoms with van der Waals surface area (Å²) in [6.07, 6.45) is 7.82. The Bertz CT molecular complexity index is 384. The van der Waals surface area contributed by atoms with Crippen LogP contribution in [0.15, 0.2) is 30.3 Å². The van der Waals surface area contributed by atoms with E-state index in [0.29, 0.717) is 18.0 Å². The highest BCUT2D eigenvalue weighted by atomic mass is 15.2. The number of piperidine rings is 1. The molecule has 3 atom stereocenters. The van der Waals surface area contributed by atoms with Gasteiger partial charge in [-0.05, 0) is 56.7 Å². The van der Waals surface area contributed by atoms with Crippen molar-refractivity contribution in [2.75, 3.05) is 13.1 Å². The first kappa shape index (κ1) is 13.1. The average Bonchev–Trinajstić information content (AvgIpc) is 2.49. The smallest absolute Gasteiger partial charge is 0.0253 e. The van der Waals surface area contributed by atoms with Gasteiger partial charge in [-0.1, -0.05) is 36.8 Å². The molecule has 1 aliphatic carbocycles. The van der Waals surface area contributed by atoms with Gasteiger partial charge >= 0.3 is 0 Å². The topological polar surface area (TPSA) is 29.3 Å². The van der Waals surface area contributed by atoms with Gasteiger partial charge < -0.3 is 5.73 Å². The van der Waals surface area contributed by atoms with Crippen LogP contribution in [0.25, 0.3) is 0 Å². The number of hydrogen-bond acceptors (Lipinski definition) is 2. The third-order valence-electron chi connectivity index (χ3n) is 5.00. The first-order valence-electron chi connectivity index (χ1n) is 7.89. The summed E-state index contributed by atoms with van der Waals surface area (Å²) in [6, 6.07) is 12.0. The van der Waals surface area contributed by atoms with Gasteiger partial charge in [-0.25, -0.2) is 0 Å². The summed E-state index contributed by atoms with van der Waals surface area (Å²) in [5.41, 5.74) is 7.92. The molecule has 104 valence electrons. The molecule has 1 aromatic rings. The maximum absolute atomic E-state index is 6.41. The first-order chi connectivity index (χ1) is 9.34. The van der Waals surface area contributed by atoms with E-state index in [9.17, 15) is 0 Å². The molecule has 0 radical (unpaired) electrons. The zero-order valence-electron chi connectivity index (χ0n) is 11.8. The van der Waals surface area contributed by atoms with Crippen molar-refractivity contribution in [3.8, 4) is 0 Å². The predicted molar refractivity (Wildman–Crippen MR) is 80.2 cm³/mol. The van der Waals surface area contributed by atoms with Crippen LogP contribution in [0.4, 0.5) is 0 Å². The zero-order valence-corrected chi connectivity index (χ0v) is 11.8. The number of benzene rings is 1. The molecule has 3 rings (SSSR count). The molecule has 0 amide bonds. The van der Waals surface area contributed by atoms with Gasteiger partial charge in [0.1, 0.15) is 0 Å². The van der Waals surface area contributed by atoms with E-state index in [1.807, 2.05) is 0 Å². The molecule has 1 saturated carbocycles.